The number of aliphatic hydroxyl groups excluding tert-OH is 5. The molecule has 1 aliphatic rings. The van der Waals surface area contributed by atoms with Crippen molar-refractivity contribution in [1.82, 2.24) is 0 Å². The first-order valence-corrected chi connectivity index (χ1v) is 5.83. The fourth-order valence-corrected chi connectivity index (χ4v) is 1.82. The van der Waals surface area contributed by atoms with E-state index >= 15 is 0 Å². The van der Waals surface area contributed by atoms with E-state index in [2.05, 4.69) is 4.52 Å². The summed E-state index contributed by atoms with van der Waals surface area (Å²) in [6.07, 6.45) is -9.82. The zero-order valence-electron chi connectivity index (χ0n) is 8.53. The number of aliphatic hydroxyl groups is 5. The van der Waals surface area contributed by atoms with Gasteiger partial charge >= 0.3 is 8.25 Å². The highest BCUT2D eigenvalue weighted by Gasteiger charge is 2.49. The lowest BCUT2D eigenvalue weighted by Gasteiger charge is -2.39. The van der Waals surface area contributed by atoms with E-state index in [0.717, 1.165) is 0 Å². The largest absolute Gasteiger partial charge is 0.697 e. The van der Waals surface area contributed by atoms with E-state index in [1.54, 1.807) is 0 Å². The lowest BCUT2D eigenvalue weighted by molar-refractivity contribution is -0.290. The molecule has 100 valence electrons. The first-order valence-electron chi connectivity index (χ1n) is 4.70. The predicted molar refractivity (Wildman–Crippen MR) is 50.7 cm³/mol. The van der Waals surface area contributed by atoms with Gasteiger partial charge < -0.3 is 30.3 Å². The smallest absolute Gasteiger partial charge is 0.394 e. The molecule has 1 heterocycles. The lowest BCUT2D eigenvalue weighted by atomic mass is 9.96. The van der Waals surface area contributed by atoms with Gasteiger partial charge in [-0.2, -0.15) is 0 Å². The summed E-state index contributed by atoms with van der Waals surface area (Å²) in [5.41, 5.74) is 0. The molecule has 17 heavy (non-hydrogen) atoms. The molecule has 0 radical (unpaired) electrons. The molecule has 1 rings (SSSR count). The Morgan fingerprint density at radius 1 is 1.24 bits per heavy atom. The van der Waals surface area contributed by atoms with Crippen LogP contribution in [0.4, 0.5) is 0 Å². The van der Waals surface area contributed by atoms with Gasteiger partial charge in [0.15, 0.2) is 0 Å². The van der Waals surface area contributed by atoms with Crippen molar-refractivity contribution >= 4 is 8.25 Å². The molecular weight excluding hydrogens is 259 g/mol. The summed E-state index contributed by atoms with van der Waals surface area (Å²) in [6, 6.07) is 0. The number of ether oxygens (including phenoxy) is 1. The van der Waals surface area contributed by atoms with E-state index in [1.165, 1.54) is 0 Å². The van der Waals surface area contributed by atoms with Crippen molar-refractivity contribution in [2.24, 2.45) is 0 Å². The minimum absolute atomic E-state index is 0.761. The molecule has 10 heteroatoms. The van der Waals surface area contributed by atoms with Gasteiger partial charge in [-0.05, 0) is 0 Å². The Kier molecular flexibility index (Phi) is 5.32. The molecule has 1 aliphatic heterocycles. The van der Waals surface area contributed by atoms with Crippen LogP contribution in [0, 0.1) is 0 Å². The first-order chi connectivity index (χ1) is 7.88. The highest BCUT2D eigenvalue weighted by molar-refractivity contribution is 7.32. The molecule has 1 fully saturated rings. The van der Waals surface area contributed by atoms with Crippen molar-refractivity contribution in [2.45, 2.75) is 36.8 Å². The van der Waals surface area contributed by atoms with Crippen molar-refractivity contribution in [1.29, 1.82) is 0 Å². The standard InChI is InChI=1S/C7H13O9P/c8-1-2(9)6-4(11)3(10)5(12)7(15-6)16-17(13)14/h2-12H,1H2/p+1/t2-,3+,4+,5?,6?,7+/m1/s1. The fraction of sp³-hybridized carbons (Fsp3) is 1.00. The van der Waals surface area contributed by atoms with E-state index < -0.39 is 51.7 Å². The highest BCUT2D eigenvalue weighted by atomic mass is 31.1. The quantitative estimate of drug-likeness (QED) is 0.290. The summed E-state index contributed by atoms with van der Waals surface area (Å²) >= 11 is 0. The van der Waals surface area contributed by atoms with Gasteiger partial charge in [-0.15, -0.1) is 4.89 Å². The van der Waals surface area contributed by atoms with Crippen LogP contribution in [0.2, 0.25) is 0 Å². The molecule has 0 amide bonds. The Hall–Kier alpha value is -0.220. The topological polar surface area (TPSA) is 157 Å². The van der Waals surface area contributed by atoms with Crippen LogP contribution in [0.3, 0.4) is 0 Å². The molecule has 0 aromatic carbocycles. The molecular formula is C7H14O9P+. The van der Waals surface area contributed by atoms with Crippen molar-refractivity contribution < 1.29 is 44.3 Å². The lowest BCUT2D eigenvalue weighted by Crippen LogP contribution is -2.61. The summed E-state index contributed by atoms with van der Waals surface area (Å²) in [4.78, 5) is 8.50. The maximum Gasteiger partial charge on any atom is 0.697 e. The average molecular weight is 273 g/mol. The molecule has 9 nitrogen and oxygen atoms in total. The summed E-state index contributed by atoms with van der Waals surface area (Å²) in [5.74, 6) is 0. The van der Waals surface area contributed by atoms with Crippen molar-refractivity contribution in [3.8, 4) is 0 Å². The molecule has 0 aromatic rings. The number of hydrogen-bond donors (Lipinski definition) is 6. The Labute approximate surface area is 96.8 Å². The number of rotatable bonds is 4. The normalized spacial score (nSPS) is 41.1. The van der Waals surface area contributed by atoms with Crippen LogP contribution in [-0.4, -0.2) is 73.8 Å². The summed E-state index contributed by atoms with van der Waals surface area (Å²) in [7, 11) is -3.10. The van der Waals surface area contributed by atoms with Gasteiger partial charge in [0, 0.05) is 4.57 Å². The average Bonchev–Trinajstić information content (AvgIpc) is 2.28. The van der Waals surface area contributed by atoms with Gasteiger partial charge in [-0.1, -0.05) is 4.52 Å². The minimum Gasteiger partial charge on any atom is -0.394 e. The van der Waals surface area contributed by atoms with Crippen LogP contribution >= 0.6 is 8.25 Å². The van der Waals surface area contributed by atoms with Gasteiger partial charge in [-0.3, -0.25) is 0 Å². The fourth-order valence-electron chi connectivity index (χ4n) is 1.47. The summed E-state index contributed by atoms with van der Waals surface area (Å²) in [6.45, 7) is -0.761. The van der Waals surface area contributed by atoms with E-state index in [9.17, 15) is 25.0 Å². The zero-order chi connectivity index (χ0) is 13.2. The van der Waals surface area contributed by atoms with Crippen molar-refractivity contribution in [2.75, 3.05) is 6.61 Å². The molecule has 0 saturated carbocycles. The van der Waals surface area contributed by atoms with E-state index in [0.29, 0.717) is 0 Å². The molecule has 0 spiro atoms. The molecule has 1 saturated heterocycles. The monoisotopic (exact) mass is 273 g/mol. The Bertz CT molecular complexity index is 274. The Morgan fingerprint density at radius 2 is 1.82 bits per heavy atom. The minimum atomic E-state index is -3.10. The second-order valence-corrected chi connectivity index (χ2v) is 4.22. The molecule has 6 N–H and O–H groups in total. The van der Waals surface area contributed by atoms with E-state index in [4.69, 9.17) is 14.7 Å². The van der Waals surface area contributed by atoms with Crippen LogP contribution < -0.4 is 0 Å². The van der Waals surface area contributed by atoms with Crippen LogP contribution in [0.1, 0.15) is 0 Å². The second-order valence-electron chi connectivity index (χ2n) is 3.53. The van der Waals surface area contributed by atoms with Crippen molar-refractivity contribution in [3.05, 3.63) is 0 Å². The van der Waals surface area contributed by atoms with Gasteiger partial charge in [-0.25, -0.2) is 0 Å². The Morgan fingerprint density at radius 3 is 2.29 bits per heavy atom. The van der Waals surface area contributed by atoms with Crippen LogP contribution in [0.15, 0.2) is 0 Å². The van der Waals surface area contributed by atoms with Gasteiger partial charge in [0.05, 0.1) is 6.61 Å². The first kappa shape index (κ1) is 14.8. The zero-order valence-corrected chi connectivity index (χ0v) is 9.42. The molecule has 0 bridgehead atoms. The third kappa shape index (κ3) is 3.38. The van der Waals surface area contributed by atoms with E-state index in [1.807, 2.05) is 0 Å². The molecule has 0 aromatic heterocycles. The van der Waals surface area contributed by atoms with E-state index in [-0.39, 0.29) is 0 Å². The third-order valence-corrected chi connectivity index (χ3v) is 2.76. The van der Waals surface area contributed by atoms with Crippen LogP contribution in [0.5, 0.6) is 0 Å². The number of hydrogen-bond acceptors (Lipinski definition) is 8. The summed E-state index contributed by atoms with van der Waals surface area (Å²) < 4.78 is 19.5. The maximum absolute atomic E-state index is 10.4. The third-order valence-electron chi connectivity index (χ3n) is 2.37. The van der Waals surface area contributed by atoms with Gasteiger partial charge in [0.1, 0.15) is 30.5 Å². The summed E-state index contributed by atoms with van der Waals surface area (Å²) in [5, 5.41) is 46.2. The highest BCUT2D eigenvalue weighted by Crippen LogP contribution is 2.29. The molecule has 0 aliphatic carbocycles. The van der Waals surface area contributed by atoms with Crippen LogP contribution in [0.25, 0.3) is 0 Å². The SMILES string of the molecule is O=[P+](O)O[C@@H]1OC([C@H](O)CO)[C@@H](O)[C@H](O)C1O. The van der Waals surface area contributed by atoms with Crippen molar-refractivity contribution in [3.63, 3.8) is 0 Å². The predicted octanol–water partition coefficient (Wildman–Crippen LogP) is -3.19. The Balaban J connectivity index is 2.78. The molecule has 7 atom stereocenters. The molecule has 3 unspecified atom stereocenters. The van der Waals surface area contributed by atoms with Gasteiger partial charge in [0.2, 0.25) is 6.29 Å². The van der Waals surface area contributed by atoms with Crippen LogP contribution in [-0.2, 0) is 13.8 Å². The maximum atomic E-state index is 10.4. The second kappa shape index (κ2) is 6.10. The van der Waals surface area contributed by atoms with Gasteiger partial charge in [0.25, 0.3) is 0 Å².